The lowest BCUT2D eigenvalue weighted by Gasteiger charge is -2.21. The highest BCUT2D eigenvalue weighted by Crippen LogP contribution is 2.37. The second kappa shape index (κ2) is 14.1. The fourth-order valence-electron chi connectivity index (χ4n) is 5.17. The Balaban J connectivity index is 0.00000189. The lowest BCUT2D eigenvalue weighted by Crippen LogP contribution is -2.13. The summed E-state index contributed by atoms with van der Waals surface area (Å²) in [5.41, 5.74) is 8.79. The van der Waals surface area contributed by atoms with Gasteiger partial charge in [-0.3, -0.25) is 0 Å². The molecule has 0 aliphatic carbocycles. The zero-order valence-electron chi connectivity index (χ0n) is 25.6. The maximum atomic E-state index is 6.42. The first kappa shape index (κ1) is 30.0. The van der Waals surface area contributed by atoms with E-state index in [4.69, 9.17) is 19.6 Å². The van der Waals surface area contributed by atoms with Gasteiger partial charge in [-0.05, 0) is 77.3 Å². The van der Waals surface area contributed by atoms with Crippen molar-refractivity contribution in [1.29, 1.82) is 0 Å². The normalized spacial score (nSPS) is 15.6. The molecule has 5 rings (SSSR count). The summed E-state index contributed by atoms with van der Waals surface area (Å²) in [6.45, 7) is 13.2. The van der Waals surface area contributed by atoms with Crippen LogP contribution < -0.4 is 9.47 Å². The summed E-state index contributed by atoms with van der Waals surface area (Å²) >= 11 is 0. The van der Waals surface area contributed by atoms with Gasteiger partial charge in [-0.25, -0.2) is 4.98 Å². The van der Waals surface area contributed by atoms with Gasteiger partial charge in [0.2, 0.25) is 5.88 Å². The molecule has 0 amide bonds. The third-order valence-electron chi connectivity index (χ3n) is 7.64. The second-order valence-corrected chi connectivity index (χ2v) is 10.3. The molecule has 0 radical (unpaired) electrons. The van der Waals surface area contributed by atoms with E-state index >= 15 is 0 Å². The molecule has 6 bridgehead atoms. The van der Waals surface area contributed by atoms with Crippen LogP contribution in [0.15, 0.2) is 76.9 Å². The van der Waals surface area contributed by atoms with E-state index in [0.717, 1.165) is 63.9 Å². The number of methoxy groups -OCH3 is 1. The van der Waals surface area contributed by atoms with Crippen LogP contribution in [0.25, 0.3) is 22.0 Å². The number of aryl methyl sites for hydroxylation is 1. The van der Waals surface area contributed by atoms with E-state index in [1.54, 1.807) is 7.11 Å². The third kappa shape index (κ3) is 6.84. The molecule has 0 saturated carbocycles. The number of ether oxygens (including phenoxy) is 2. The average Bonchev–Trinajstić information content (AvgIpc) is 3.01. The maximum Gasteiger partial charge on any atom is 0.214 e. The van der Waals surface area contributed by atoms with Gasteiger partial charge < -0.3 is 9.47 Å². The second-order valence-electron chi connectivity index (χ2n) is 10.3. The predicted octanol–water partition coefficient (Wildman–Crippen LogP) is 9.06. The van der Waals surface area contributed by atoms with Gasteiger partial charge in [-0.2, -0.15) is 10.2 Å². The minimum atomic E-state index is -0.0824. The third-order valence-corrected chi connectivity index (χ3v) is 7.64. The van der Waals surface area contributed by atoms with Gasteiger partial charge in [0.1, 0.15) is 5.75 Å². The Morgan fingerprint density at radius 2 is 1.83 bits per heavy atom. The Morgan fingerprint density at radius 1 is 1.05 bits per heavy atom. The first-order valence-electron chi connectivity index (χ1n) is 14.9. The van der Waals surface area contributed by atoms with Crippen LogP contribution in [-0.4, -0.2) is 30.6 Å². The molecule has 3 aromatic carbocycles. The predicted molar refractivity (Wildman–Crippen MR) is 173 cm³/mol. The molecule has 2 unspecified atom stereocenters. The Bertz CT molecular complexity index is 1540. The van der Waals surface area contributed by atoms with Gasteiger partial charge >= 0.3 is 0 Å². The number of hydrogen-bond donors (Lipinski definition) is 0. The highest BCUT2D eigenvalue weighted by atomic mass is 16.5. The first-order chi connectivity index (χ1) is 20.0. The van der Waals surface area contributed by atoms with Crippen LogP contribution in [-0.2, 0) is 12.8 Å². The molecular formula is C36H43N3O2. The lowest BCUT2D eigenvalue weighted by atomic mass is 9.85. The van der Waals surface area contributed by atoms with Crippen molar-refractivity contribution < 1.29 is 9.47 Å². The molecular weight excluding hydrogens is 506 g/mol. The van der Waals surface area contributed by atoms with Gasteiger partial charge in [-0.15, -0.1) is 0 Å². The van der Waals surface area contributed by atoms with Crippen molar-refractivity contribution in [2.24, 2.45) is 16.1 Å². The standard InChI is InChI=1S/C34H37N3O2.C2H6/c1-6-22(3)21-35-37-23(4)34-27-13-14-31-30(18-27)29(20-33(36-31)38-5)26-10-8-9-24(17-26)15-16-39-32-19-28(34)12-11-25(32)7-2;1-2/h8-14,17-22,34H,6-7,15-16H2,1-5H3;1-2H3/b35-21-,37-23+;. The Labute approximate surface area is 245 Å². The van der Waals surface area contributed by atoms with Crippen molar-refractivity contribution in [2.75, 3.05) is 13.7 Å². The molecule has 5 heteroatoms. The molecule has 4 aromatic rings. The van der Waals surface area contributed by atoms with Crippen molar-refractivity contribution in [2.45, 2.75) is 66.7 Å². The SMILES string of the molecule is CC.CCc1ccc2cc1OCCc1cccc(c1)-c1cc(OC)nc3ccc(cc13)C2/C(C)=N/N=C\C(C)CC. The van der Waals surface area contributed by atoms with Crippen molar-refractivity contribution >= 4 is 22.8 Å². The topological polar surface area (TPSA) is 56.1 Å². The van der Waals surface area contributed by atoms with Crippen molar-refractivity contribution in [3.05, 3.63) is 89.0 Å². The zero-order valence-corrected chi connectivity index (χ0v) is 25.6. The fraction of sp³-hybridized carbons (Fsp3) is 0.361. The van der Waals surface area contributed by atoms with Crippen molar-refractivity contribution in [1.82, 2.24) is 4.98 Å². The van der Waals surface area contributed by atoms with Crippen LogP contribution in [0, 0.1) is 5.92 Å². The Morgan fingerprint density at radius 3 is 2.59 bits per heavy atom. The molecule has 2 heterocycles. The quantitative estimate of drug-likeness (QED) is 0.178. The summed E-state index contributed by atoms with van der Waals surface area (Å²) in [6.07, 6.45) is 4.70. The molecule has 2 atom stereocenters. The summed E-state index contributed by atoms with van der Waals surface area (Å²) in [7, 11) is 1.67. The van der Waals surface area contributed by atoms with E-state index in [9.17, 15) is 0 Å². The van der Waals surface area contributed by atoms with Gasteiger partial charge in [0, 0.05) is 35.7 Å². The van der Waals surface area contributed by atoms with Gasteiger partial charge in [0.15, 0.2) is 0 Å². The van der Waals surface area contributed by atoms with Crippen molar-refractivity contribution in [3.8, 4) is 22.8 Å². The van der Waals surface area contributed by atoms with Gasteiger partial charge in [0.05, 0.1) is 19.2 Å². The Kier molecular flexibility index (Phi) is 10.3. The monoisotopic (exact) mass is 549 g/mol. The van der Waals surface area contributed by atoms with Crippen LogP contribution in [0.1, 0.15) is 76.1 Å². The number of fused-ring (bicyclic) bond motifs is 6. The number of aromatic nitrogens is 1. The fourth-order valence-corrected chi connectivity index (χ4v) is 5.17. The number of nitrogens with zero attached hydrogens (tertiary/aromatic N) is 3. The van der Waals surface area contributed by atoms with E-state index in [1.807, 2.05) is 26.1 Å². The van der Waals surface area contributed by atoms with Crippen LogP contribution in [0.2, 0.25) is 0 Å². The van der Waals surface area contributed by atoms with E-state index in [2.05, 4.69) is 93.5 Å². The molecule has 0 fully saturated rings. The van der Waals surface area contributed by atoms with E-state index in [-0.39, 0.29) is 5.92 Å². The molecule has 0 saturated heterocycles. The summed E-state index contributed by atoms with van der Waals surface area (Å²) in [5, 5.41) is 10.2. The van der Waals surface area contributed by atoms with E-state index in [0.29, 0.717) is 18.4 Å². The summed E-state index contributed by atoms with van der Waals surface area (Å²) < 4.78 is 12.0. The maximum absolute atomic E-state index is 6.42. The summed E-state index contributed by atoms with van der Waals surface area (Å²) in [4.78, 5) is 4.77. The van der Waals surface area contributed by atoms with Crippen LogP contribution in [0.4, 0.5) is 0 Å². The Hall–Kier alpha value is -3.99. The molecule has 5 nitrogen and oxygen atoms in total. The number of benzene rings is 3. The number of rotatable bonds is 6. The van der Waals surface area contributed by atoms with E-state index in [1.165, 1.54) is 11.1 Å². The molecule has 1 aliphatic heterocycles. The molecule has 0 spiro atoms. The highest BCUT2D eigenvalue weighted by Gasteiger charge is 2.22. The molecule has 214 valence electrons. The lowest BCUT2D eigenvalue weighted by molar-refractivity contribution is 0.318. The number of hydrogen-bond acceptors (Lipinski definition) is 5. The smallest absolute Gasteiger partial charge is 0.214 e. The summed E-state index contributed by atoms with van der Waals surface area (Å²) in [6, 6.07) is 23.8. The average molecular weight is 550 g/mol. The zero-order chi connectivity index (χ0) is 29.4. The number of pyridine rings is 1. The largest absolute Gasteiger partial charge is 0.493 e. The van der Waals surface area contributed by atoms with Crippen LogP contribution in [0.5, 0.6) is 11.6 Å². The minimum absolute atomic E-state index is 0.0824. The minimum Gasteiger partial charge on any atom is -0.493 e. The van der Waals surface area contributed by atoms with Gasteiger partial charge in [-0.1, -0.05) is 77.1 Å². The highest BCUT2D eigenvalue weighted by molar-refractivity contribution is 5.98. The van der Waals surface area contributed by atoms with Crippen molar-refractivity contribution in [3.63, 3.8) is 0 Å². The molecule has 0 N–H and O–H groups in total. The summed E-state index contributed by atoms with van der Waals surface area (Å²) in [5.74, 6) is 1.85. The van der Waals surface area contributed by atoms with Crippen LogP contribution in [0.3, 0.4) is 0 Å². The molecule has 1 aliphatic rings. The molecule has 1 aromatic heterocycles. The van der Waals surface area contributed by atoms with Gasteiger partial charge in [0.25, 0.3) is 0 Å². The van der Waals surface area contributed by atoms with Crippen LogP contribution >= 0.6 is 0 Å². The molecule has 41 heavy (non-hydrogen) atoms. The van der Waals surface area contributed by atoms with E-state index < -0.39 is 0 Å². The first-order valence-corrected chi connectivity index (χ1v) is 14.9.